The van der Waals surface area contributed by atoms with Crippen molar-refractivity contribution < 1.29 is 31.1 Å². The Morgan fingerprint density at radius 2 is 1.38 bits per heavy atom. The van der Waals surface area contributed by atoms with Gasteiger partial charge < -0.3 is 4.74 Å². The Labute approximate surface area is 225 Å². The third-order valence-electron chi connectivity index (χ3n) is 10.3. The molecule has 0 spiro atoms. The Morgan fingerprint density at radius 3 is 1.92 bits per heavy atom. The van der Waals surface area contributed by atoms with Gasteiger partial charge in [0.15, 0.2) is 17.5 Å². The van der Waals surface area contributed by atoms with E-state index in [1.165, 1.54) is 44.9 Å². The summed E-state index contributed by atoms with van der Waals surface area (Å²) in [5, 5.41) is 0. The van der Waals surface area contributed by atoms with E-state index >= 15 is 8.78 Å². The second kappa shape index (κ2) is 10.2. The maximum absolute atomic E-state index is 15.1. The highest BCUT2D eigenvalue weighted by Crippen LogP contribution is 2.58. The van der Waals surface area contributed by atoms with Crippen molar-refractivity contribution in [2.75, 3.05) is 0 Å². The molecule has 6 rings (SSSR count). The van der Waals surface area contributed by atoms with E-state index in [-0.39, 0.29) is 16.9 Å². The van der Waals surface area contributed by atoms with Crippen LogP contribution in [0.25, 0.3) is 11.1 Å². The van der Waals surface area contributed by atoms with Crippen LogP contribution in [0.2, 0.25) is 0 Å². The Balaban J connectivity index is 1.03. The third-order valence-corrected chi connectivity index (χ3v) is 10.3. The van der Waals surface area contributed by atoms with Crippen LogP contribution < -0.4 is 4.74 Å². The van der Waals surface area contributed by atoms with Crippen molar-refractivity contribution in [2.24, 2.45) is 35.0 Å². The zero-order valence-corrected chi connectivity index (χ0v) is 21.9. The minimum Gasteiger partial charge on any atom is -0.432 e. The average molecular weight is 549 g/mol. The summed E-state index contributed by atoms with van der Waals surface area (Å²) >= 11 is 0. The number of ether oxygens (including phenoxy) is 1. The van der Waals surface area contributed by atoms with Crippen molar-refractivity contribution in [3.8, 4) is 16.9 Å². The Bertz CT molecular complexity index is 1220. The molecule has 7 heteroatoms. The summed E-state index contributed by atoms with van der Waals surface area (Å²) in [5.74, 6) is -4.24. The van der Waals surface area contributed by atoms with Crippen LogP contribution in [0.15, 0.2) is 42.5 Å². The van der Waals surface area contributed by atoms with Gasteiger partial charge in [0.2, 0.25) is 0 Å². The Kier molecular flexibility index (Phi) is 6.99. The summed E-state index contributed by atoms with van der Waals surface area (Å²) in [4.78, 5) is 0. The number of halogens is 6. The van der Waals surface area contributed by atoms with Crippen molar-refractivity contribution in [3.05, 3.63) is 65.8 Å². The van der Waals surface area contributed by atoms with Gasteiger partial charge in [-0.05, 0) is 130 Å². The molecule has 3 saturated carbocycles. The van der Waals surface area contributed by atoms with Crippen LogP contribution in [0.3, 0.4) is 0 Å². The molecule has 0 saturated heterocycles. The second-order valence-corrected chi connectivity index (χ2v) is 12.4. The van der Waals surface area contributed by atoms with E-state index in [9.17, 15) is 17.6 Å². The van der Waals surface area contributed by atoms with Gasteiger partial charge in [0.25, 0.3) is 0 Å². The van der Waals surface area contributed by atoms with Crippen LogP contribution in [-0.2, 0) is 0 Å². The topological polar surface area (TPSA) is 9.23 Å². The first-order chi connectivity index (χ1) is 18.6. The molecule has 2 atom stereocenters. The fourth-order valence-corrected chi connectivity index (χ4v) is 8.13. The van der Waals surface area contributed by atoms with Crippen LogP contribution in [0, 0.1) is 58.3 Å². The highest BCUT2D eigenvalue weighted by atomic mass is 19.3. The standard InChI is InChI=1S/C32H34F6O/c33-27-17-25(9-10-26(27)22-15-28(34)30(36)29(35)16-22)39-32(37,38)24-7-3-21(4-8-24)20-1-5-23(6-2-20)31-13-11-19(18-31)12-14-31/h9-11,13,15-17,19-21,23-24H,1-8,12,14,18H2/t19?,20?,21?,23?,24?,31-/m0/s1. The SMILES string of the molecule is Fc1cc(OC(F)(F)C2CCC(C3CCC([C@@]45C=CC(CC4)C5)CC3)CC2)ccc1-c1cc(F)c(F)c(F)c1. The van der Waals surface area contributed by atoms with Crippen molar-refractivity contribution in [1.82, 2.24) is 0 Å². The minimum atomic E-state index is -3.46. The molecule has 3 fully saturated rings. The summed E-state index contributed by atoms with van der Waals surface area (Å²) in [6.07, 6.45) is 12.6. The van der Waals surface area contributed by atoms with Crippen LogP contribution in [-0.4, -0.2) is 6.11 Å². The molecule has 0 amide bonds. The number of alkyl halides is 2. The predicted molar refractivity (Wildman–Crippen MR) is 137 cm³/mol. The van der Waals surface area contributed by atoms with Gasteiger partial charge in [0.1, 0.15) is 11.6 Å². The highest BCUT2D eigenvalue weighted by Gasteiger charge is 2.48. The van der Waals surface area contributed by atoms with Crippen LogP contribution >= 0.6 is 0 Å². The van der Waals surface area contributed by atoms with Gasteiger partial charge in [-0.1, -0.05) is 12.2 Å². The average Bonchev–Trinajstić information content (AvgIpc) is 3.54. The van der Waals surface area contributed by atoms with Gasteiger partial charge >= 0.3 is 6.11 Å². The van der Waals surface area contributed by atoms with Gasteiger partial charge in [-0.25, -0.2) is 17.6 Å². The molecule has 39 heavy (non-hydrogen) atoms. The molecule has 2 aromatic carbocycles. The molecule has 1 unspecified atom stereocenters. The number of benzene rings is 2. The molecule has 0 N–H and O–H groups in total. The van der Waals surface area contributed by atoms with Crippen molar-refractivity contribution in [3.63, 3.8) is 0 Å². The summed E-state index contributed by atoms with van der Waals surface area (Å²) in [6.45, 7) is 0. The maximum atomic E-state index is 15.1. The number of fused-ring (bicyclic) bond motifs is 2. The zero-order chi connectivity index (χ0) is 27.4. The predicted octanol–water partition coefficient (Wildman–Crippen LogP) is 9.85. The lowest BCUT2D eigenvalue weighted by atomic mass is 9.63. The van der Waals surface area contributed by atoms with Gasteiger partial charge in [-0.2, -0.15) is 8.78 Å². The molecule has 2 bridgehead atoms. The molecular weight excluding hydrogens is 514 g/mol. The van der Waals surface area contributed by atoms with E-state index in [1.807, 2.05) is 0 Å². The normalized spacial score (nSPS) is 32.5. The fourth-order valence-electron chi connectivity index (χ4n) is 8.13. The lowest BCUT2D eigenvalue weighted by molar-refractivity contribution is -0.224. The first kappa shape index (κ1) is 26.8. The molecule has 0 heterocycles. The molecule has 0 radical (unpaired) electrons. The molecule has 0 aromatic heterocycles. The lowest BCUT2D eigenvalue weighted by Gasteiger charge is -2.43. The second-order valence-electron chi connectivity index (χ2n) is 12.4. The molecule has 4 aliphatic rings. The molecule has 4 aliphatic carbocycles. The van der Waals surface area contributed by atoms with E-state index in [0.29, 0.717) is 42.2 Å². The number of hydrogen-bond acceptors (Lipinski definition) is 1. The van der Waals surface area contributed by atoms with Crippen molar-refractivity contribution in [1.29, 1.82) is 0 Å². The Hall–Kier alpha value is -2.44. The van der Waals surface area contributed by atoms with Crippen LogP contribution in [0.5, 0.6) is 5.75 Å². The monoisotopic (exact) mass is 548 g/mol. The fraction of sp³-hybridized carbons (Fsp3) is 0.562. The smallest absolute Gasteiger partial charge is 0.400 e. The van der Waals surface area contributed by atoms with Gasteiger partial charge in [-0.15, -0.1) is 0 Å². The summed E-state index contributed by atoms with van der Waals surface area (Å²) in [7, 11) is 0. The van der Waals surface area contributed by atoms with Crippen molar-refractivity contribution >= 4 is 0 Å². The highest BCUT2D eigenvalue weighted by molar-refractivity contribution is 5.65. The molecule has 1 nitrogen and oxygen atoms in total. The van der Waals surface area contributed by atoms with Crippen LogP contribution in [0.4, 0.5) is 26.3 Å². The van der Waals surface area contributed by atoms with E-state index in [0.717, 1.165) is 42.9 Å². The quantitative estimate of drug-likeness (QED) is 0.198. The van der Waals surface area contributed by atoms with Gasteiger partial charge in [-0.3, -0.25) is 0 Å². The van der Waals surface area contributed by atoms with Gasteiger partial charge in [0, 0.05) is 11.6 Å². The van der Waals surface area contributed by atoms with E-state index in [1.54, 1.807) is 0 Å². The summed E-state index contributed by atoms with van der Waals surface area (Å²) < 4.78 is 90.2. The molecular formula is C32H34F6O. The lowest BCUT2D eigenvalue weighted by Crippen LogP contribution is -2.38. The maximum Gasteiger partial charge on any atom is 0.400 e. The van der Waals surface area contributed by atoms with E-state index < -0.39 is 35.3 Å². The minimum absolute atomic E-state index is 0.235. The van der Waals surface area contributed by atoms with E-state index in [4.69, 9.17) is 4.74 Å². The number of rotatable bonds is 6. The summed E-state index contributed by atoms with van der Waals surface area (Å²) in [6, 6.07) is 4.34. The number of allylic oxidation sites excluding steroid dienone is 2. The first-order valence-electron chi connectivity index (χ1n) is 14.3. The molecule has 0 aliphatic heterocycles. The number of hydrogen-bond donors (Lipinski definition) is 0. The third kappa shape index (κ3) is 5.11. The van der Waals surface area contributed by atoms with Crippen molar-refractivity contribution in [2.45, 2.75) is 76.7 Å². The first-order valence-corrected chi connectivity index (χ1v) is 14.3. The van der Waals surface area contributed by atoms with Gasteiger partial charge in [0.05, 0.1) is 5.92 Å². The molecule has 210 valence electrons. The van der Waals surface area contributed by atoms with E-state index in [2.05, 4.69) is 12.2 Å². The largest absolute Gasteiger partial charge is 0.432 e. The van der Waals surface area contributed by atoms with Crippen LogP contribution in [0.1, 0.15) is 70.6 Å². The Morgan fingerprint density at radius 1 is 0.744 bits per heavy atom. The summed E-state index contributed by atoms with van der Waals surface area (Å²) in [5.41, 5.74) is -0.0354. The zero-order valence-electron chi connectivity index (χ0n) is 21.9. The molecule has 2 aromatic rings.